The molecule has 0 saturated carbocycles. The number of amides is 1. The second-order valence-electron chi connectivity index (χ2n) is 8.00. The van der Waals surface area contributed by atoms with Gasteiger partial charge in [0, 0.05) is 42.3 Å². The Balaban J connectivity index is 0.00000289. The average molecular weight is 475 g/mol. The average Bonchev–Trinajstić information content (AvgIpc) is 3.02. The number of nitrogens with zero attached hydrogens (tertiary/aromatic N) is 3. The zero-order valence-electron chi connectivity index (χ0n) is 18.2. The predicted molar refractivity (Wildman–Crippen MR) is 129 cm³/mol. The number of pyridine rings is 2. The molecule has 0 bridgehead atoms. The molecule has 0 aliphatic carbocycles. The van der Waals surface area contributed by atoms with Crippen molar-refractivity contribution in [1.82, 2.24) is 14.9 Å². The second kappa shape index (κ2) is 9.83. The van der Waals surface area contributed by atoms with Crippen molar-refractivity contribution < 1.29 is 13.2 Å². The summed E-state index contributed by atoms with van der Waals surface area (Å²) in [6.07, 6.45) is 7.06. The van der Waals surface area contributed by atoms with Crippen molar-refractivity contribution in [2.75, 3.05) is 24.7 Å². The van der Waals surface area contributed by atoms with E-state index < -0.39 is 9.84 Å². The van der Waals surface area contributed by atoms with Gasteiger partial charge in [0.2, 0.25) is 0 Å². The van der Waals surface area contributed by atoms with E-state index in [4.69, 9.17) is 0 Å². The quantitative estimate of drug-likeness (QED) is 0.597. The fourth-order valence-corrected chi connectivity index (χ4v) is 4.47. The highest BCUT2D eigenvalue weighted by atomic mass is 35.5. The molecule has 3 heterocycles. The van der Waals surface area contributed by atoms with Crippen molar-refractivity contribution >= 4 is 50.6 Å². The number of benzene rings is 1. The number of aromatic nitrogens is 2. The molecule has 4 rings (SSSR count). The molecule has 2 aromatic heterocycles. The molecule has 3 aromatic rings. The van der Waals surface area contributed by atoms with Gasteiger partial charge in [-0.1, -0.05) is 12.8 Å². The van der Waals surface area contributed by atoms with Crippen LogP contribution in [0.4, 0.5) is 11.4 Å². The topological polar surface area (TPSA) is 92.3 Å². The first-order chi connectivity index (χ1) is 14.8. The SMILES string of the molecule is Cc1ccc2c(Nc3ccc(S(C)(=O)=O)cc3)c(C(=O)N3CCCCCC3)cnc2n1.Cl. The van der Waals surface area contributed by atoms with Gasteiger partial charge in [0.05, 0.1) is 16.1 Å². The minimum atomic E-state index is -3.28. The van der Waals surface area contributed by atoms with Crippen LogP contribution in [0.25, 0.3) is 11.0 Å². The fraction of sp³-hybridized carbons (Fsp3) is 0.348. The molecule has 1 N–H and O–H groups in total. The number of likely N-dealkylation sites (tertiary alicyclic amines) is 1. The number of nitrogens with one attached hydrogen (secondary N) is 1. The Kier molecular flexibility index (Phi) is 7.36. The number of aryl methyl sites for hydroxylation is 1. The smallest absolute Gasteiger partial charge is 0.257 e. The van der Waals surface area contributed by atoms with Gasteiger partial charge >= 0.3 is 0 Å². The van der Waals surface area contributed by atoms with E-state index in [1.54, 1.807) is 30.5 Å². The first kappa shape index (κ1) is 23.9. The van der Waals surface area contributed by atoms with Gasteiger partial charge in [0.15, 0.2) is 15.5 Å². The van der Waals surface area contributed by atoms with Gasteiger partial charge in [0.25, 0.3) is 5.91 Å². The van der Waals surface area contributed by atoms with Crippen molar-refractivity contribution in [2.24, 2.45) is 0 Å². The monoisotopic (exact) mass is 474 g/mol. The Morgan fingerprint density at radius 2 is 1.66 bits per heavy atom. The van der Waals surface area contributed by atoms with E-state index in [0.717, 1.165) is 49.9 Å². The number of carbonyl (C=O) groups is 1. The minimum Gasteiger partial charge on any atom is -0.354 e. The second-order valence-corrected chi connectivity index (χ2v) is 10.0. The molecule has 32 heavy (non-hydrogen) atoms. The zero-order valence-corrected chi connectivity index (χ0v) is 19.8. The Morgan fingerprint density at radius 3 is 2.28 bits per heavy atom. The van der Waals surface area contributed by atoms with Crippen LogP contribution in [0.3, 0.4) is 0 Å². The number of anilines is 2. The number of fused-ring (bicyclic) bond motifs is 1. The van der Waals surface area contributed by atoms with Crippen LogP contribution in [0.15, 0.2) is 47.5 Å². The normalized spacial score (nSPS) is 14.5. The van der Waals surface area contributed by atoms with Crippen LogP contribution in [0, 0.1) is 6.92 Å². The van der Waals surface area contributed by atoms with Gasteiger partial charge in [-0.25, -0.2) is 18.4 Å². The van der Waals surface area contributed by atoms with Crippen LogP contribution < -0.4 is 5.32 Å². The molecule has 1 saturated heterocycles. The molecule has 1 aliphatic rings. The third-order valence-corrected chi connectivity index (χ3v) is 6.67. The molecule has 7 nitrogen and oxygen atoms in total. The molecule has 1 fully saturated rings. The third kappa shape index (κ3) is 5.19. The highest BCUT2D eigenvalue weighted by Gasteiger charge is 2.23. The number of sulfone groups is 1. The summed E-state index contributed by atoms with van der Waals surface area (Å²) in [5, 5.41) is 4.08. The van der Waals surface area contributed by atoms with E-state index in [1.807, 2.05) is 24.0 Å². The van der Waals surface area contributed by atoms with Crippen molar-refractivity contribution in [3.8, 4) is 0 Å². The van der Waals surface area contributed by atoms with Crippen molar-refractivity contribution in [3.05, 3.63) is 53.9 Å². The van der Waals surface area contributed by atoms with E-state index >= 15 is 0 Å². The van der Waals surface area contributed by atoms with E-state index in [0.29, 0.717) is 22.6 Å². The molecule has 1 amide bonds. The molecule has 1 aliphatic heterocycles. The minimum absolute atomic E-state index is 0. The van der Waals surface area contributed by atoms with Gasteiger partial charge in [-0.2, -0.15) is 0 Å². The lowest BCUT2D eigenvalue weighted by atomic mass is 10.1. The molecule has 9 heteroatoms. The van der Waals surface area contributed by atoms with Gasteiger partial charge in [-0.15, -0.1) is 12.4 Å². The Labute approximate surface area is 194 Å². The summed E-state index contributed by atoms with van der Waals surface area (Å²) >= 11 is 0. The van der Waals surface area contributed by atoms with Gasteiger partial charge in [-0.3, -0.25) is 4.79 Å². The lowest BCUT2D eigenvalue weighted by molar-refractivity contribution is 0.0762. The molecule has 0 spiro atoms. The Hall–Kier alpha value is -2.71. The maximum atomic E-state index is 13.4. The van der Waals surface area contributed by atoms with Crippen LogP contribution in [-0.4, -0.2) is 48.5 Å². The van der Waals surface area contributed by atoms with E-state index in [1.165, 1.54) is 6.26 Å². The molecular weight excluding hydrogens is 448 g/mol. The Morgan fingerprint density at radius 1 is 1.00 bits per heavy atom. The van der Waals surface area contributed by atoms with Crippen LogP contribution >= 0.6 is 12.4 Å². The summed E-state index contributed by atoms with van der Waals surface area (Å²) in [5.41, 5.74) is 3.22. The van der Waals surface area contributed by atoms with Crippen molar-refractivity contribution in [1.29, 1.82) is 0 Å². The molecule has 0 unspecified atom stereocenters. The summed E-state index contributed by atoms with van der Waals surface area (Å²) in [7, 11) is -3.28. The van der Waals surface area contributed by atoms with E-state index in [9.17, 15) is 13.2 Å². The highest BCUT2D eigenvalue weighted by molar-refractivity contribution is 7.90. The summed E-state index contributed by atoms with van der Waals surface area (Å²) in [5.74, 6) is -0.0490. The number of hydrogen-bond acceptors (Lipinski definition) is 6. The zero-order chi connectivity index (χ0) is 22.0. The Bertz CT molecular complexity index is 1220. The van der Waals surface area contributed by atoms with Gasteiger partial charge < -0.3 is 10.2 Å². The third-order valence-electron chi connectivity index (χ3n) is 5.54. The standard InChI is InChI=1S/C23H26N4O3S.ClH/c1-16-7-12-19-21(26-17-8-10-18(11-9-17)31(2,29)30)20(15-24-22(19)25-16)23(28)27-13-5-3-4-6-14-27;/h7-12,15H,3-6,13-14H2,1-2H3,(H,24,25,26);1H. The molecular formula is C23H27ClN4O3S. The molecule has 170 valence electrons. The van der Waals surface area contributed by atoms with Gasteiger partial charge in [0.1, 0.15) is 0 Å². The molecule has 0 radical (unpaired) electrons. The number of halogens is 1. The number of rotatable bonds is 4. The number of hydrogen-bond donors (Lipinski definition) is 1. The highest BCUT2D eigenvalue weighted by Crippen LogP contribution is 2.30. The molecule has 0 atom stereocenters. The van der Waals surface area contributed by atoms with Gasteiger partial charge in [-0.05, 0) is 56.2 Å². The summed E-state index contributed by atoms with van der Waals surface area (Å²) in [6, 6.07) is 10.3. The first-order valence-electron chi connectivity index (χ1n) is 10.5. The number of carbonyl (C=O) groups excluding carboxylic acids is 1. The fourth-order valence-electron chi connectivity index (χ4n) is 3.84. The van der Waals surface area contributed by atoms with Crippen molar-refractivity contribution in [3.63, 3.8) is 0 Å². The lowest BCUT2D eigenvalue weighted by Crippen LogP contribution is -2.32. The van der Waals surface area contributed by atoms with E-state index in [2.05, 4.69) is 15.3 Å². The summed E-state index contributed by atoms with van der Waals surface area (Å²) in [6.45, 7) is 3.38. The maximum Gasteiger partial charge on any atom is 0.257 e. The van der Waals surface area contributed by atoms with E-state index in [-0.39, 0.29) is 23.2 Å². The van der Waals surface area contributed by atoms with Crippen LogP contribution in [-0.2, 0) is 9.84 Å². The molecule has 1 aromatic carbocycles. The van der Waals surface area contributed by atoms with Crippen LogP contribution in [0.2, 0.25) is 0 Å². The largest absolute Gasteiger partial charge is 0.354 e. The van der Waals surface area contributed by atoms with Crippen LogP contribution in [0.5, 0.6) is 0 Å². The van der Waals surface area contributed by atoms with Crippen molar-refractivity contribution in [2.45, 2.75) is 37.5 Å². The van der Waals surface area contributed by atoms with Crippen LogP contribution in [0.1, 0.15) is 41.7 Å². The lowest BCUT2D eigenvalue weighted by Gasteiger charge is -2.22. The summed E-state index contributed by atoms with van der Waals surface area (Å²) in [4.78, 5) is 24.5. The summed E-state index contributed by atoms with van der Waals surface area (Å²) < 4.78 is 23.5. The first-order valence-corrected chi connectivity index (χ1v) is 12.3. The maximum absolute atomic E-state index is 13.4. The predicted octanol–water partition coefficient (Wildman–Crippen LogP) is 4.52.